The van der Waals surface area contributed by atoms with Crippen molar-refractivity contribution >= 4 is 23.7 Å². The van der Waals surface area contributed by atoms with Gasteiger partial charge in [0.05, 0.1) is 18.3 Å². The van der Waals surface area contributed by atoms with Crippen LogP contribution in [0.5, 0.6) is 0 Å². The van der Waals surface area contributed by atoms with Crippen LogP contribution in [0.4, 0.5) is 10.5 Å². The minimum Gasteiger partial charge on any atom is -0.461 e. The summed E-state index contributed by atoms with van der Waals surface area (Å²) in [4.78, 5) is 40.9. The number of hydrogen-bond acceptors (Lipinski definition) is 6. The van der Waals surface area contributed by atoms with Gasteiger partial charge in [0, 0.05) is 6.20 Å². The number of amides is 2. The first-order valence-electron chi connectivity index (χ1n) is 9.13. The van der Waals surface area contributed by atoms with Gasteiger partial charge in [0.1, 0.15) is 18.2 Å². The van der Waals surface area contributed by atoms with Crippen molar-refractivity contribution in [1.82, 2.24) is 10.3 Å². The molecule has 0 aliphatic heterocycles. The van der Waals surface area contributed by atoms with E-state index in [2.05, 4.69) is 15.6 Å². The van der Waals surface area contributed by atoms with E-state index in [1.165, 1.54) is 6.20 Å². The molecule has 0 saturated heterocycles. The zero-order valence-corrected chi connectivity index (χ0v) is 16.7. The Morgan fingerprint density at radius 1 is 1.07 bits per heavy atom. The first kappa shape index (κ1) is 21.9. The first-order chi connectivity index (χ1) is 13.7. The minimum absolute atomic E-state index is 0.0725. The molecule has 154 valence electrons. The molecule has 1 atom stereocenters. The van der Waals surface area contributed by atoms with Crippen LogP contribution in [0.15, 0.2) is 54.9 Å². The topological polar surface area (TPSA) is 107 Å². The van der Waals surface area contributed by atoms with Crippen molar-refractivity contribution in [1.29, 1.82) is 0 Å². The van der Waals surface area contributed by atoms with E-state index >= 15 is 0 Å². The van der Waals surface area contributed by atoms with Gasteiger partial charge in [-0.05, 0) is 38.5 Å². The molecule has 8 heteroatoms. The van der Waals surface area contributed by atoms with Gasteiger partial charge < -0.3 is 20.1 Å². The molecule has 29 heavy (non-hydrogen) atoms. The van der Waals surface area contributed by atoms with E-state index < -0.39 is 29.6 Å². The van der Waals surface area contributed by atoms with Gasteiger partial charge in [-0.25, -0.2) is 4.79 Å². The van der Waals surface area contributed by atoms with Crippen LogP contribution in [-0.4, -0.2) is 34.6 Å². The van der Waals surface area contributed by atoms with Gasteiger partial charge in [-0.3, -0.25) is 14.6 Å². The van der Waals surface area contributed by atoms with E-state index in [4.69, 9.17) is 9.47 Å². The number of nitrogens with one attached hydrogen (secondary N) is 2. The van der Waals surface area contributed by atoms with Crippen LogP contribution in [0.3, 0.4) is 0 Å². The molecular formula is C21H25N3O5. The molecule has 2 rings (SSSR count). The maximum Gasteiger partial charge on any atom is 0.408 e. The highest BCUT2D eigenvalue weighted by atomic mass is 16.6. The Balaban J connectivity index is 2.01. The number of esters is 1. The van der Waals surface area contributed by atoms with Crippen LogP contribution in [-0.2, 0) is 25.7 Å². The smallest absolute Gasteiger partial charge is 0.408 e. The molecular weight excluding hydrogens is 374 g/mol. The predicted molar refractivity (Wildman–Crippen MR) is 107 cm³/mol. The van der Waals surface area contributed by atoms with Crippen molar-refractivity contribution in [3.05, 3.63) is 60.4 Å². The molecule has 0 aliphatic rings. The van der Waals surface area contributed by atoms with Crippen LogP contribution in [0.25, 0.3) is 0 Å². The van der Waals surface area contributed by atoms with Crippen LogP contribution < -0.4 is 10.6 Å². The molecule has 1 aromatic heterocycles. The Morgan fingerprint density at radius 3 is 2.41 bits per heavy atom. The van der Waals surface area contributed by atoms with Crippen molar-refractivity contribution in [3.63, 3.8) is 0 Å². The van der Waals surface area contributed by atoms with Gasteiger partial charge in [0.25, 0.3) is 0 Å². The molecule has 0 fully saturated rings. The lowest BCUT2D eigenvalue weighted by Gasteiger charge is -2.23. The first-order valence-corrected chi connectivity index (χ1v) is 9.13. The van der Waals surface area contributed by atoms with E-state index in [9.17, 15) is 14.4 Å². The van der Waals surface area contributed by atoms with E-state index in [0.29, 0.717) is 5.69 Å². The van der Waals surface area contributed by atoms with Gasteiger partial charge in [0.2, 0.25) is 5.91 Å². The Hall–Kier alpha value is -3.42. The maximum absolute atomic E-state index is 12.6. The molecule has 1 unspecified atom stereocenters. The number of ether oxygens (including phenoxy) is 2. The van der Waals surface area contributed by atoms with Gasteiger partial charge in [-0.1, -0.05) is 30.3 Å². The molecule has 1 heterocycles. The summed E-state index contributed by atoms with van der Waals surface area (Å²) in [6, 6.07) is 11.3. The number of rotatable bonds is 7. The Kier molecular flexibility index (Phi) is 7.70. The zero-order chi connectivity index (χ0) is 21.3. The maximum atomic E-state index is 12.6. The number of anilines is 1. The summed E-state index contributed by atoms with van der Waals surface area (Å²) in [7, 11) is 0. The molecule has 0 spiro atoms. The summed E-state index contributed by atoms with van der Waals surface area (Å²) >= 11 is 0. The summed E-state index contributed by atoms with van der Waals surface area (Å²) in [5, 5.41) is 5.04. The van der Waals surface area contributed by atoms with Crippen molar-refractivity contribution in [2.45, 2.75) is 45.4 Å². The zero-order valence-electron chi connectivity index (χ0n) is 16.7. The monoisotopic (exact) mass is 399 g/mol. The fourth-order valence-corrected chi connectivity index (χ4v) is 2.29. The van der Waals surface area contributed by atoms with Crippen LogP contribution in [0.1, 0.15) is 32.8 Å². The van der Waals surface area contributed by atoms with Gasteiger partial charge in [0.15, 0.2) is 0 Å². The Bertz CT molecular complexity index is 819. The van der Waals surface area contributed by atoms with Crippen molar-refractivity contribution in [2.24, 2.45) is 0 Å². The lowest BCUT2D eigenvalue weighted by molar-refractivity contribution is -0.146. The molecule has 8 nitrogen and oxygen atoms in total. The number of carbonyl (C=O) groups is 3. The molecule has 0 bridgehead atoms. The third kappa shape index (κ3) is 8.42. The van der Waals surface area contributed by atoms with Crippen molar-refractivity contribution in [3.8, 4) is 0 Å². The molecule has 0 aliphatic carbocycles. The van der Waals surface area contributed by atoms with Crippen molar-refractivity contribution < 1.29 is 23.9 Å². The van der Waals surface area contributed by atoms with Crippen LogP contribution in [0.2, 0.25) is 0 Å². The van der Waals surface area contributed by atoms with E-state index in [0.717, 1.165) is 5.56 Å². The number of nitrogens with zero attached hydrogens (tertiary/aromatic N) is 1. The van der Waals surface area contributed by atoms with Crippen LogP contribution in [0, 0.1) is 0 Å². The SMILES string of the molecule is CC(C)(C)OC(=O)NC(CC(=O)OCc1ccccc1)C(=O)Nc1cccnc1. The standard InChI is InChI=1S/C21H25N3O5/c1-21(2,3)29-20(27)24-17(19(26)23-16-10-7-11-22-13-16)12-18(25)28-14-15-8-5-4-6-9-15/h4-11,13,17H,12,14H2,1-3H3,(H,23,26)(H,24,27). The number of carbonyl (C=O) groups excluding carboxylic acids is 3. The number of pyridine rings is 1. The Labute approximate surface area is 169 Å². The van der Waals surface area contributed by atoms with E-state index in [1.54, 1.807) is 39.1 Å². The summed E-state index contributed by atoms with van der Waals surface area (Å²) in [6.07, 6.45) is 1.86. The molecule has 0 saturated carbocycles. The number of hydrogen-bond donors (Lipinski definition) is 2. The average Bonchev–Trinajstić information content (AvgIpc) is 2.66. The van der Waals surface area contributed by atoms with Crippen molar-refractivity contribution in [2.75, 3.05) is 5.32 Å². The molecule has 2 amide bonds. The largest absolute Gasteiger partial charge is 0.461 e. The summed E-state index contributed by atoms with van der Waals surface area (Å²) in [6.45, 7) is 5.17. The normalized spacial score (nSPS) is 11.8. The highest BCUT2D eigenvalue weighted by Gasteiger charge is 2.27. The number of benzene rings is 1. The second-order valence-electron chi connectivity index (χ2n) is 7.28. The third-order valence-electron chi connectivity index (χ3n) is 3.55. The van der Waals surface area contributed by atoms with Gasteiger partial charge in [-0.2, -0.15) is 0 Å². The van der Waals surface area contributed by atoms with Gasteiger partial charge >= 0.3 is 12.1 Å². The molecule has 1 aromatic carbocycles. The predicted octanol–water partition coefficient (Wildman–Crippen LogP) is 3.05. The highest BCUT2D eigenvalue weighted by Crippen LogP contribution is 2.10. The quantitative estimate of drug-likeness (QED) is 0.693. The third-order valence-corrected chi connectivity index (χ3v) is 3.55. The fourth-order valence-electron chi connectivity index (χ4n) is 2.29. The average molecular weight is 399 g/mol. The minimum atomic E-state index is -1.17. The molecule has 0 radical (unpaired) electrons. The number of aromatic nitrogens is 1. The lowest BCUT2D eigenvalue weighted by Crippen LogP contribution is -2.47. The van der Waals surface area contributed by atoms with Gasteiger partial charge in [-0.15, -0.1) is 0 Å². The summed E-state index contributed by atoms with van der Waals surface area (Å²) in [5.41, 5.74) is 0.505. The van der Waals surface area contributed by atoms with E-state index in [1.807, 2.05) is 30.3 Å². The fraction of sp³-hybridized carbons (Fsp3) is 0.333. The second-order valence-corrected chi connectivity index (χ2v) is 7.28. The second kappa shape index (κ2) is 10.2. The Morgan fingerprint density at radius 2 is 1.79 bits per heavy atom. The summed E-state index contributed by atoms with van der Waals surface area (Å²) in [5.74, 6) is -1.21. The van der Waals surface area contributed by atoms with Crippen LogP contribution >= 0.6 is 0 Å². The highest BCUT2D eigenvalue weighted by molar-refractivity contribution is 5.98. The molecule has 2 N–H and O–H groups in total. The van der Waals surface area contributed by atoms with E-state index in [-0.39, 0.29) is 13.0 Å². The summed E-state index contributed by atoms with van der Waals surface area (Å²) < 4.78 is 10.4. The lowest BCUT2D eigenvalue weighted by atomic mass is 10.2. The number of alkyl carbamates (subject to hydrolysis) is 1. The molecule has 2 aromatic rings.